The first kappa shape index (κ1) is 21.5. The summed E-state index contributed by atoms with van der Waals surface area (Å²) in [5.41, 5.74) is 1.67. The monoisotopic (exact) mass is 389 g/mol. The number of unbranched alkanes of at least 4 members (excludes halogenated alkanes) is 2. The van der Waals surface area contributed by atoms with E-state index in [9.17, 15) is 14.4 Å². The second-order valence-corrected chi connectivity index (χ2v) is 6.77. The fourth-order valence-corrected chi connectivity index (χ4v) is 3.01. The van der Waals surface area contributed by atoms with Gasteiger partial charge in [-0.1, -0.05) is 13.3 Å². The van der Waals surface area contributed by atoms with Gasteiger partial charge in [0.1, 0.15) is 11.3 Å². The largest absolute Gasteiger partial charge is 0.481 e. The number of carbonyl (C=O) groups is 2. The summed E-state index contributed by atoms with van der Waals surface area (Å²) in [5.74, 6) is -0.562. The number of hydrogen-bond acceptors (Lipinski definition) is 5. The maximum absolute atomic E-state index is 12.2. The Morgan fingerprint density at radius 1 is 1.25 bits per heavy atom. The van der Waals surface area contributed by atoms with Gasteiger partial charge in [0, 0.05) is 30.0 Å². The molecule has 0 fully saturated rings. The van der Waals surface area contributed by atoms with Crippen LogP contribution in [0.5, 0.6) is 5.75 Å². The highest BCUT2D eigenvalue weighted by atomic mass is 16.5. The molecule has 0 saturated heterocycles. The number of rotatable bonds is 10. The molecule has 2 aromatic rings. The summed E-state index contributed by atoms with van der Waals surface area (Å²) >= 11 is 0. The first-order valence-corrected chi connectivity index (χ1v) is 9.56. The van der Waals surface area contributed by atoms with Gasteiger partial charge >= 0.3 is 11.6 Å². The van der Waals surface area contributed by atoms with Crippen LogP contribution in [0.1, 0.15) is 50.7 Å². The van der Waals surface area contributed by atoms with E-state index in [-0.39, 0.29) is 12.3 Å². The second kappa shape index (κ2) is 9.92. The van der Waals surface area contributed by atoms with Crippen molar-refractivity contribution in [2.75, 3.05) is 6.54 Å². The molecule has 0 saturated carbocycles. The Morgan fingerprint density at radius 2 is 2.00 bits per heavy atom. The first-order valence-electron chi connectivity index (χ1n) is 9.56. The summed E-state index contributed by atoms with van der Waals surface area (Å²) < 4.78 is 11.1. The molecule has 0 aliphatic rings. The Bertz CT molecular complexity index is 902. The highest BCUT2D eigenvalue weighted by molar-refractivity contribution is 5.85. The molecular weight excluding hydrogens is 362 g/mol. The molecule has 7 heteroatoms. The summed E-state index contributed by atoms with van der Waals surface area (Å²) in [7, 11) is 0. The van der Waals surface area contributed by atoms with Crippen molar-refractivity contribution in [3.8, 4) is 5.75 Å². The van der Waals surface area contributed by atoms with Crippen LogP contribution in [0.3, 0.4) is 0 Å². The van der Waals surface area contributed by atoms with Crippen molar-refractivity contribution in [2.24, 2.45) is 0 Å². The first-order chi connectivity index (χ1) is 13.3. The van der Waals surface area contributed by atoms with Crippen LogP contribution >= 0.6 is 0 Å². The second-order valence-electron chi connectivity index (χ2n) is 6.77. The molecule has 0 radical (unpaired) electrons. The lowest BCUT2D eigenvalue weighted by Crippen LogP contribution is -2.36. The number of carboxylic acid groups (broad SMARTS) is 1. The van der Waals surface area contributed by atoms with E-state index >= 15 is 0 Å². The van der Waals surface area contributed by atoms with Crippen LogP contribution in [0.25, 0.3) is 11.0 Å². The molecule has 28 heavy (non-hydrogen) atoms. The quantitative estimate of drug-likeness (QED) is 0.477. The zero-order valence-corrected chi connectivity index (χ0v) is 16.5. The average Bonchev–Trinajstić information content (AvgIpc) is 2.65. The van der Waals surface area contributed by atoms with E-state index in [2.05, 4.69) is 5.32 Å². The number of carbonyl (C=O) groups excluding carboxylic acids is 1. The van der Waals surface area contributed by atoms with Crippen LogP contribution < -0.4 is 15.7 Å². The van der Waals surface area contributed by atoms with Gasteiger partial charge in [-0.2, -0.15) is 0 Å². The SMILES string of the molecule is CCc1cc(=O)oc2c(C)c(OC(C)C(=O)NCCCCCC(=O)O)ccc12. The highest BCUT2D eigenvalue weighted by Gasteiger charge is 2.17. The van der Waals surface area contributed by atoms with Gasteiger partial charge in [0.05, 0.1) is 0 Å². The summed E-state index contributed by atoms with van der Waals surface area (Å²) in [6, 6.07) is 5.12. The number of fused-ring (bicyclic) bond motifs is 1. The van der Waals surface area contributed by atoms with Gasteiger partial charge in [-0.25, -0.2) is 4.79 Å². The van der Waals surface area contributed by atoms with Crippen LogP contribution in [0.4, 0.5) is 0 Å². The van der Waals surface area contributed by atoms with Crippen molar-refractivity contribution in [1.82, 2.24) is 5.32 Å². The minimum Gasteiger partial charge on any atom is -0.481 e. The summed E-state index contributed by atoms with van der Waals surface area (Å²) in [4.78, 5) is 34.5. The topological polar surface area (TPSA) is 106 Å². The Labute approximate surface area is 163 Å². The highest BCUT2D eigenvalue weighted by Crippen LogP contribution is 2.29. The van der Waals surface area contributed by atoms with Crippen LogP contribution in [0, 0.1) is 6.92 Å². The molecule has 0 aliphatic carbocycles. The molecule has 1 aromatic heterocycles. The van der Waals surface area contributed by atoms with Crippen molar-refractivity contribution >= 4 is 22.8 Å². The Balaban J connectivity index is 1.98. The average molecular weight is 389 g/mol. The van der Waals surface area contributed by atoms with Crippen LogP contribution in [-0.4, -0.2) is 29.6 Å². The van der Waals surface area contributed by atoms with E-state index in [4.69, 9.17) is 14.3 Å². The number of carboxylic acids is 1. The molecule has 0 aliphatic heterocycles. The normalized spacial score (nSPS) is 12.0. The fourth-order valence-electron chi connectivity index (χ4n) is 3.01. The van der Waals surface area contributed by atoms with Gasteiger partial charge in [-0.15, -0.1) is 0 Å². The molecule has 0 spiro atoms. The number of aliphatic carboxylic acids is 1. The number of benzene rings is 1. The van der Waals surface area contributed by atoms with E-state index in [1.807, 2.05) is 13.0 Å². The van der Waals surface area contributed by atoms with Crippen molar-refractivity contribution in [2.45, 2.75) is 59.0 Å². The van der Waals surface area contributed by atoms with Crippen LogP contribution in [-0.2, 0) is 16.0 Å². The lowest BCUT2D eigenvalue weighted by atomic mass is 10.0. The minimum absolute atomic E-state index is 0.143. The Hall–Kier alpha value is -2.83. The molecule has 2 rings (SSSR count). The van der Waals surface area contributed by atoms with Gasteiger partial charge in [0.15, 0.2) is 6.10 Å². The Morgan fingerprint density at radius 3 is 2.68 bits per heavy atom. The third-order valence-corrected chi connectivity index (χ3v) is 4.62. The van der Waals surface area contributed by atoms with Crippen molar-refractivity contribution in [1.29, 1.82) is 0 Å². The van der Waals surface area contributed by atoms with Gasteiger partial charge in [0.25, 0.3) is 5.91 Å². The van der Waals surface area contributed by atoms with E-state index < -0.39 is 17.7 Å². The molecule has 1 unspecified atom stereocenters. The molecule has 1 aromatic carbocycles. The van der Waals surface area contributed by atoms with Gasteiger partial charge < -0.3 is 19.6 Å². The smallest absolute Gasteiger partial charge is 0.336 e. The maximum Gasteiger partial charge on any atom is 0.336 e. The van der Waals surface area contributed by atoms with E-state index in [1.165, 1.54) is 6.07 Å². The van der Waals surface area contributed by atoms with Gasteiger partial charge in [0.2, 0.25) is 0 Å². The van der Waals surface area contributed by atoms with Gasteiger partial charge in [-0.05, 0) is 50.8 Å². The van der Waals surface area contributed by atoms with E-state index in [0.29, 0.717) is 42.7 Å². The molecule has 152 valence electrons. The predicted molar refractivity (Wildman–Crippen MR) is 106 cm³/mol. The molecule has 1 atom stereocenters. The standard InChI is InChI=1S/C21H27NO6/c1-4-15-12-19(25)28-20-13(2)17(10-9-16(15)20)27-14(3)21(26)22-11-7-5-6-8-18(23)24/h9-10,12,14H,4-8,11H2,1-3H3,(H,22,26)(H,23,24). The van der Waals surface area contributed by atoms with E-state index in [0.717, 1.165) is 17.4 Å². The van der Waals surface area contributed by atoms with Crippen molar-refractivity contribution in [3.63, 3.8) is 0 Å². The zero-order chi connectivity index (χ0) is 20.7. The molecule has 1 heterocycles. The van der Waals surface area contributed by atoms with Crippen LogP contribution in [0.2, 0.25) is 0 Å². The third kappa shape index (κ3) is 5.58. The zero-order valence-electron chi connectivity index (χ0n) is 16.5. The molecule has 0 bridgehead atoms. The number of hydrogen-bond donors (Lipinski definition) is 2. The fraction of sp³-hybridized carbons (Fsp3) is 0.476. The van der Waals surface area contributed by atoms with Gasteiger partial charge in [-0.3, -0.25) is 9.59 Å². The molecule has 2 N–H and O–H groups in total. The number of aryl methyl sites for hydroxylation is 2. The molecule has 7 nitrogen and oxygen atoms in total. The maximum atomic E-state index is 12.2. The summed E-state index contributed by atoms with van der Waals surface area (Å²) in [6.07, 6.45) is 2.20. The molecule has 1 amide bonds. The van der Waals surface area contributed by atoms with E-state index in [1.54, 1.807) is 19.9 Å². The molecular formula is C21H27NO6. The Kier molecular flexibility index (Phi) is 7.61. The lowest BCUT2D eigenvalue weighted by Gasteiger charge is -2.17. The van der Waals surface area contributed by atoms with Crippen LogP contribution in [0.15, 0.2) is 27.4 Å². The third-order valence-electron chi connectivity index (χ3n) is 4.62. The number of nitrogens with one attached hydrogen (secondary N) is 1. The van der Waals surface area contributed by atoms with Crippen molar-refractivity contribution in [3.05, 3.63) is 39.7 Å². The minimum atomic E-state index is -0.807. The predicted octanol–water partition coefficient (Wildman–Crippen LogP) is 3.19. The summed E-state index contributed by atoms with van der Waals surface area (Å²) in [6.45, 7) is 5.90. The number of amides is 1. The number of ether oxygens (including phenoxy) is 1. The van der Waals surface area contributed by atoms with Crippen molar-refractivity contribution < 1.29 is 23.8 Å². The summed E-state index contributed by atoms with van der Waals surface area (Å²) in [5, 5.41) is 12.2. The lowest BCUT2D eigenvalue weighted by molar-refractivity contribution is -0.137.